The highest BCUT2D eigenvalue weighted by Crippen LogP contribution is 2.45. The van der Waals surface area contributed by atoms with Crippen molar-refractivity contribution in [2.24, 2.45) is 0 Å². The zero-order chi connectivity index (χ0) is 24.0. The lowest BCUT2D eigenvalue weighted by molar-refractivity contribution is 0.0225. The van der Waals surface area contributed by atoms with Gasteiger partial charge in [0, 0.05) is 51.2 Å². The number of fused-ring (bicyclic) bond motifs is 2. The number of anilines is 2. The number of benzene rings is 2. The number of para-hydroxylation sites is 2. The van der Waals surface area contributed by atoms with Crippen LogP contribution in [0.1, 0.15) is 42.5 Å². The fraction of sp³-hybridized carbons (Fsp3) is 0.444. The Morgan fingerprint density at radius 1 is 0.886 bits per heavy atom. The van der Waals surface area contributed by atoms with Gasteiger partial charge in [0.05, 0.1) is 31.7 Å². The first kappa shape index (κ1) is 21.9. The average molecular weight is 475 g/mol. The summed E-state index contributed by atoms with van der Waals surface area (Å²) in [5.41, 5.74) is 1.81. The Morgan fingerprint density at radius 2 is 1.51 bits per heavy atom. The molecular weight excluding hydrogens is 444 g/mol. The maximum atomic E-state index is 13.2. The Hall–Kier alpha value is -3.55. The monoisotopic (exact) mass is 474 g/mol. The van der Waals surface area contributed by atoms with Crippen molar-refractivity contribution in [3.8, 4) is 17.2 Å². The first-order valence-electron chi connectivity index (χ1n) is 12.3. The second kappa shape index (κ2) is 8.59. The highest BCUT2D eigenvalue weighted by atomic mass is 16.5. The minimum absolute atomic E-state index is 0.0578. The van der Waals surface area contributed by atoms with Crippen LogP contribution < -0.4 is 24.0 Å². The molecule has 4 heterocycles. The molecule has 0 atom stereocenters. The minimum atomic E-state index is -0.532. The van der Waals surface area contributed by atoms with E-state index < -0.39 is 5.60 Å². The van der Waals surface area contributed by atoms with Crippen LogP contribution >= 0.6 is 0 Å². The average Bonchev–Trinajstić information content (AvgIpc) is 3.42. The van der Waals surface area contributed by atoms with Gasteiger partial charge in [-0.15, -0.1) is 0 Å². The second-order valence-corrected chi connectivity index (χ2v) is 9.63. The summed E-state index contributed by atoms with van der Waals surface area (Å²) in [6.45, 7) is 3.51. The van der Waals surface area contributed by atoms with E-state index in [1.807, 2.05) is 24.3 Å². The number of carbonyl (C=O) groups excluding carboxylic acids is 1. The van der Waals surface area contributed by atoms with E-state index in [9.17, 15) is 4.79 Å². The van der Waals surface area contributed by atoms with Crippen LogP contribution in [0.15, 0.2) is 36.4 Å². The summed E-state index contributed by atoms with van der Waals surface area (Å²) in [7, 11) is 3.16. The van der Waals surface area contributed by atoms with E-state index in [1.165, 1.54) is 12.8 Å². The van der Waals surface area contributed by atoms with Crippen molar-refractivity contribution in [3.05, 3.63) is 42.0 Å². The predicted molar refractivity (Wildman–Crippen MR) is 134 cm³/mol. The Labute approximate surface area is 204 Å². The molecule has 0 saturated carbocycles. The van der Waals surface area contributed by atoms with Crippen molar-refractivity contribution in [1.82, 2.24) is 9.97 Å². The highest BCUT2D eigenvalue weighted by molar-refractivity contribution is 6.03. The van der Waals surface area contributed by atoms with E-state index in [1.54, 1.807) is 26.4 Å². The summed E-state index contributed by atoms with van der Waals surface area (Å²) in [6, 6.07) is 11.6. The molecule has 6 rings (SSSR count). The molecule has 0 unspecified atom stereocenters. The number of methoxy groups -OCH3 is 2. The lowest BCUT2D eigenvalue weighted by Gasteiger charge is -2.44. The van der Waals surface area contributed by atoms with Gasteiger partial charge in [0.1, 0.15) is 28.4 Å². The SMILES string of the molecule is COc1cc(OC)c2c(c1)OC1(CCN(c3nc4ccccc4nc3N3CCCC3)CC1)CC2=O. The summed E-state index contributed by atoms with van der Waals surface area (Å²) in [5.74, 6) is 3.63. The quantitative estimate of drug-likeness (QED) is 0.555. The van der Waals surface area contributed by atoms with Crippen molar-refractivity contribution in [3.63, 3.8) is 0 Å². The van der Waals surface area contributed by atoms with Crippen molar-refractivity contribution in [2.45, 2.75) is 37.7 Å². The van der Waals surface area contributed by atoms with Gasteiger partial charge >= 0.3 is 0 Å². The molecule has 1 spiro atoms. The molecule has 0 radical (unpaired) electrons. The predicted octanol–water partition coefficient (Wildman–Crippen LogP) is 4.25. The number of hydrogen-bond donors (Lipinski definition) is 0. The van der Waals surface area contributed by atoms with Gasteiger partial charge in [0.25, 0.3) is 0 Å². The third kappa shape index (κ3) is 3.81. The van der Waals surface area contributed by atoms with Gasteiger partial charge < -0.3 is 24.0 Å². The van der Waals surface area contributed by atoms with Gasteiger partial charge in [-0.05, 0) is 25.0 Å². The van der Waals surface area contributed by atoms with E-state index in [4.69, 9.17) is 24.2 Å². The summed E-state index contributed by atoms with van der Waals surface area (Å²) in [4.78, 5) is 28.0. The minimum Gasteiger partial charge on any atom is -0.496 e. The van der Waals surface area contributed by atoms with Gasteiger partial charge in [-0.1, -0.05) is 12.1 Å². The van der Waals surface area contributed by atoms with Crippen LogP contribution in [-0.4, -0.2) is 61.8 Å². The molecule has 2 saturated heterocycles. The summed E-state index contributed by atoms with van der Waals surface area (Å²) in [6.07, 6.45) is 4.16. The fourth-order valence-electron chi connectivity index (χ4n) is 5.59. The van der Waals surface area contributed by atoms with Gasteiger partial charge in [0.2, 0.25) is 0 Å². The van der Waals surface area contributed by atoms with Gasteiger partial charge in [0.15, 0.2) is 17.4 Å². The molecule has 0 N–H and O–H groups in total. The van der Waals surface area contributed by atoms with Crippen molar-refractivity contribution < 1.29 is 19.0 Å². The Bertz CT molecular complexity index is 1280. The Balaban J connectivity index is 1.29. The first-order valence-corrected chi connectivity index (χ1v) is 12.3. The third-order valence-corrected chi connectivity index (χ3v) is 7.50. The van der Waals surface area contributed by atoms with E-state index in [2.05, 4.69) is 9.80 Å². The van der Waals surface area contributed by atoms with Gasteiger partial charge in [-0.25, -0.2) is 9.97 Å². The molecule has 35 heavy (non-hydrogen) atoms. The molecule has 0 amide bonds. The largest absolute Gasteiger partial charge is 0.496 e. The first-order chi connectivity index (χ1) is 17.1. The molecule has 3 aliphatic heterocycles. The number of Topliss-reactive ketones (excluding diaryl/α,β-unsaturated/α-hetero) is 1. The van der Waals surface area contributed by atoms with Gasteiger partial charge in [-0.3, -0.25) is 4.79 Å². The number of hydrogen-bond acceptors (Lipinski definition) is 8. The van der Waals surface area contributed by atoms with Crippen molar-refractivity contribution in [2.75, 3.05) is 50.2 Å². The fourth-order valence-corrected chi connectivity index (χ4v) is 5.59. The highest BCUT2D eigenvalue weighted by Gasteiger charge is 2.45. The molecule has 182 valence electrons. The molecule has 8 nitrogen and oxygen atoms in total. The molecule has 2 aromatic carbocycles. The number of ether oxygens (including phenoxy) is 3. The molecule has 0 aliphatic carbocycles. The smallest absolute Gasteiger partial charge is 0.174 e. The Kier molecular flexibility index (Phi) is 5.39. The van der Waals surface area contributed by atoms with Crippen LogP contribution in [-0.2, 0) is 0 Å². The number of aromatic nitrogens is 2. The summed E-state index contributed by atoms with van der Waals surface area (Å²) >= 11 is 0. The number of piperidine rings is 1. The number of ketones is 1. The van der Waals surface area contributed by atoms with Crippen LogP contribution in [0.25, 0.3) is 11.0 Å². The summed E-state index contributed by atoms with van der Waals surface area (Å²) in [5, 5.41) is 0. The molecule has 3 aromatic rings. The standard InChI is InChI=1S/C27H30N4O4/c1-33-18-15-22(34-2)24-21(32)17-27(35-23(24)16-18)9-13-31(14-10-27)26-25(30-11-5-6-12-30)28-19-7-3-4-8-20(19)29-26/h3-4,7-8,15-16H,5-6,9-14,17H2,1-2H3. The van der Waals surface area contributed by atoms with Crippen molar-refractivity contribution in [1.29, 1.82) is 0 Å². The van der Waals surface area contributed by atoms with Crippen LogP contribution in [0.4, 0.5) is 11.6 Å². The molecule has 3 aliphatic rings. The van der Waals surface area contributed by atoms with E-state index >= 15 is 0 Å². The molecule has 2 fully saturated rings. The number of nitrogens with zero attached hydrogens (tertiary/aromatic N) is 4. The Morgan fingerprint density at radius 3 is 2.11 bits per heavy atom. The lowest BCUT2D eigenvalue weighted by atomic mass is 9.82. The van der Waals surface area contributed by atoms with E-state index in [-0.39, 0.29) is 5.78 Å². The van der Waals surface area contributed by atoms with Crippen LogP contribution in [0.3, 0.4) is 0 Å². The van der Waals surface area contributed by atoms with Crippen LogP contribution in [0.5, 0.6) is 17.2 Å². The van der Waals surface area contributed by atoms with Crippen molar-refractivity contribution >= 4 is 28.5 Å². The molecule has 0 bridgehead atoms. The maximum Gasteiger partial charge on any atom is 0.174 e. The van der Waals surface area contributed by atoms with Crippen LogP contribution in [0.2, 0.25) is 0 Å². The number of carbonyl (C=O) groups is 1. The maximum absolute atomic E-state index is 13.2. The third-order valence-electron chi connectivity index (χ3n) is 7.50. The van der Waals surface area contributed by atoms with Crippen LogP contribution in [0, 0.1) is 0 Å². The van der Waals surface area contributed by atoms with E-state index in [0.29, 0.717) is 29.2 Å². The molecule has 1 aromatic heterocycles. The summed E-state index contributed by atoms with van der Waals surface area (Å²) < 4.78 is 17.4. The normalized spacial score (nSPS) is 19.1. The number of rotatable bonds is 4. The second-order valence-electron chi connectivity index (χ2n) is 9.63. The molecular formula is C27H30N4O4. The van der Waals surface area contributed by atoms with E-state index in [0.717, 1.165) is 61.7 Å². The van der Waals surface area contributed by atoms with Gasteiger partial charge in [-0.2, -0.15) is 0 Å². The lowest BCUT2D eigenvalue weighted by Crippen LogP contribution is -2.51. The molecule has 8 heteroatoms. The zero-order valence-corrected chi connectivity index (χ0v) is 20.2. The topological polar surface area (TPSA) is 77.0 Å². The zero-order valence-electron chi connectivity index (χ0n) is 20.2.